The Bertz CT molecular complexity index is 31.4. The SMILES string of the molecule is Br.NC(Br)CCBr. The van der Waals surface area contributed by atoms with Crippen molar-refractivity contribution in [1.29, 1.82) is 0 Å². The van der Waals surface area contributed by atoms with E-state index in [-0.39, 0.29) is 21.9 Å². The highest BCUT2D eigenvalue weighted by Crippen LogP contribution is 1.97. The van der Waals surface area contributed by atoms with Crippen molar-refractivity contribution in [2.75, 3.05) is 5.33 Å². The summed E-state index contributed by atoms with van der Waals surface area (Å²) in [7, 11) is 0. The van der Waals surface area contributed by atoms with Gasteiger partial charge in [-0.1, -0.05) is 31.9 Å². The summed E-state index contributed by atoms with van der Waals surface area (Å²) in [5.41, 5.74) is 5.29. The van der Waals surface area contributed by atoms with E-state index >= 15 is 0 Å². The molecule has 7 heavy (non-hydrogen) atoms. The highest BCUT2D eigenvalue weighted by atomic mass is 79.9. The molecule has 4 heteroatoms. The lowest BCUT2D eigenvalue weighted by molar-refractivity contribution is 0.899. The third kappa shape index (κ3) is 11.1. The molecule has 0 aromatic rings. The number of nitrogens with two attached hydrogens (primary N) is 1. The Kier molecular flexibility index (Phi) is 11.9. The molecule has 1 atom stereocenters. The molecule has 46 valence electrons. The van der Waals surface area contributed by atoms with E-state index in [0.717, 1.165) is 11.8 Å². The zero-order valence-electron chi connectivity index (χ0n) is 3.73. The molecule has 0 amide bonds. The number of rotatable bonds is 2. The van der Waals surface area contributed by atoms with Gasteiger partial charge >= 0.3 is 0 Å². The van der Waals surface area contributed by atoms with Gasteiger partial charge in [-0.05, 0) is 6.42 Å². The van der Waals surface area contributed by atoms with Crippen molar-refractivity contribution in [2.24, 2.45) is 5.73 Å². The summed E-state index contributed by atoms with van der Waals surface area (Å²) in [5.74, 6) is 0. The minimum Gasteiger partial charge on any atom is -0.319 e. The average molecular weight is 298 g/mol. The van der Waals surface area contributed by atoms with Crippen LogP contribution in [0, 0.1) is 0 Å². The van der Waals surface area contributed by atoms with Crippen LogP contribution in [0.3, 0.4) is 0 Å². The topological polar surface area (TPSA) is 26.0 Å². The minimum atomic E-state index is 0. The molecule has 0 saturated carbocycles. The quantitative estimate of drug-likeness (QED) is 0.612. The van der Waals surface area contributed by atoms with Crippen LogP contribution in [0.5, 0.6) is 0 Å². The van der Waals surface area contributed by atoms with Gasteiger partial charge in [-0.15, -0.1) is 17.0 Å². The third-order valence-electron chi connectivity index (χ3n) is 0.385. The van der Waals surface area contributed by atoms with Crippen LogP contribution in [0.1, 0.15) is 6.42 Å². The molecule has 0 radical (unpaired) electrons. The lowest BCUT2D eigenvalue weighted by Crippen LogP contribution is -2.10. The molecule has 0 aromatic carbocycles. The molecule has 0 aromatic heterocycles. The first-order valence-electron chi connectivity index (χ1n) is 1.73. The van der Waals surface area contributed by atoms with E-state index < -0.39 is 0 Å². The van der Waals surface area contributed by atoms with Gasteiger partial charge in [0.05, 0.1) is 4.95 Å². The molecule has 0 spiro atoms. The van der Waals surface area contributed by atoms with Crippen molar-refractivity contribution in [3.05, 3.63) is 0 Å². The van der Waals surface area contributed by atoms with Crippen molar-refractivity contribution in [1.82, 2.24) is 0 Å². The molecular formula is C3H8Br3N. The predicted molar refractivity (Wildman–Crippen MR) is 45.6 cm³/mol. The van der Waals surface area contributed by atoms with Crippen LogP contribution in [-0.2, 0) is 0 Å². The summed E-state index contributed by atoms with van der Waals surface area (Å²) in [6.07, 6.45) is 0.986. The maximum atomic E-state index is 5.29. The van der Waals surface area contributed by atoms with Crippen molar-refractivity contribution < 1.29 is 0 Å². The summed E-state index contributed by atoms with van der Waals surface area (Å²) in [4.78, 5) is 0.164. The second-order valence-corrected chi connectivity index (χ2v) is 2.96. The van der Waals surface area contributed by atoms with E-state index in [9.17, 15) is 0 Å². The Morgan fingerprint density at radius 2 is 2.00 bits per heavy atom. The highest BCUT2D eigenvalue weighted by Gasteiger charge is 1.88. The molecule has 0 saturated heterocycles. The standard InChI is InChI=1S/C3H7Br2N.BrH/c4-2-1-3(5)6;/h3H,1-2,6H2;1H. The normalized spacial score (nSPS) is 12.4. The fraction of sp³-hybridized carbons (Fsp3) is 1.00. The van der Waals surface area contributed by atoms with Gasteiger partial charge in [-0.3, -0.25) is 0 Å². The van der Waals surface area contributed by atoms with Gasteiger partial charge in [0.25, 0.3) is 0 Å². The van der Waals surface area contributed by atoms with Gasteiger partial charge in [0.2, 0.25) is 0 Å². The van der Waals surface area contributed by atoms with Crippen LogP contribution in [0.15, 0.2) is 0 Å². The van der Waals surface area contributed by atoms with Crippen LogP contribution in [0.2, 0.25) is 0 Å². The first kappa shape index (κ1) is 11.2. The average Bonchev–Trinajstić information content (AvgIpc) is 1.35. The fourth-order valence-electron chi connectivity index (χ4n) is 0.104. The summed E-state index contributed by atoms with van der Waals surface area (Å²) in [6, 6.07) is 0. The van der Waals surface area contributed by atoms with Gasteiger partial charge in [0.15, 0.2) is 0 Å². The van der Waals surface area contributed by atoms with E-state index in [4.69, 9.17) is 5.73 Å². The second-order valence-electron chi connectivity index (χ2n) is 0.994. The van der Waals surface area contributed by atoms with E-state index in [0.29, 0.717) is 0 Å². The Morgan fingerprint density at radius 1 is 1.57 bits per heavy atom. The van der Waals surface area contributed by atoms with Crippen molar-refractivity contribution in [3.63, 3.8) is 0 Å². The summed E-state index contributed by atoms with van der Waals surface area (Å²) in [5, 5.41) is 0.972. The largest absolute Gasteiger partial charge is 0.319 e. The molecule has 1 unspecified atom stereocenters. The Hall–Kier alpha value is 1.40. The monoisotopic (exact) mass is 295 g/mol. The van der Waals surface area contributed by atoms with Gasteiger partial charge < -0.3 is 5.73 Å². The summed E-state index contributed by atoms with van der Waals surface area (Å²) in [6.45, 7) is 0. The Morgan fingerprint density at radius 3 is 2.00 bits per heavy atom. The van der Waals surface area contributed by atoms with Crippen LogP contribution in [-0.4, -0.2) is 10.3 Å². The van der Waals surface area contributed by atoms with Crippen molar-refractivity contribution in [2.45, 2.75) is 11.4 Å². The molecule has 0 aliphatic carbocycles. The fourth-order valence-corrected chi connectivity index (χ4v) is 1.44. The molecule has 0 aliphatic rings. The molecule has 0 heterocycles. The van der Waals surface area contributed by atoms with Gasteiger partial charge in [0, 0.05) is 5.33 Å². The first-order chi connectivity index (χ1) is 2.77. The van der Waals surface area contributed by atoms with Crippen LogP contribution in [0.25, 0.3) is 0 Å². The number of alkyl halides is 2. The zero-order valence-corrected chi connectivity index (χ0v) is 8.62. The maximum absolute atomic E-state index is 5.29. The zero-order chi connectivity index (χ0) is 4.99. The molecule has 0 fully saturated rings. The molecule has 2 N–H and O–H groups in total. The third-order valence-corrected chi connectivity index (χ3v) is 1.30. The predicted octanol–water partition coefficient (Wildman–Crippen LogP) is 2.03. The summed E-state index contributed by atoms with van der Waals surface area (Å²) >= 11 is 6.42. The minimum absolute atomic E-state index is 0. The lowest BCUT2D eigenvalue weighted by Gasteiger charge is -1.93. The highest BCUT2D eigenvalue weighted by molar-refractivity contribution is 9.10. The Balaban J connectivity index is 0. The lowest BCUT2D eigenvalue weighted by atomic mass is 10.5. The molecular weight excluding hydrogens is 290 g/mol. The van der Waals surface area contributed by atoms with Crippen LogP contribution in [0.4, 0.5) is 0 Å². The number of halogens is 3. The molecule has 0 bridgehead atoms. The molecule has 0 rings (SSSR count). The van der Waals surface area contributed by atoms with E-state index in [2.05, 4.69) is 31.9 Å². The molecule has 0 aliphatic heterocycles. The Labute approximate surface area is 71.1 Å². The van der Waals surface area contributed by atoms with Crippen LogP contribution < -0.4 is 5.73 Å². The van der Waals surface area contributed by atoms with Crippen molar-refractivity contribution >= 4 is 48.8 Å². The van der Waals surface area contributed by atoms with E-state index in [1.165, 1.54) is 0 Å². The first-order valence-corrected chi connectivity index (χ1v) is 3.76. The van der Waals surface area contributed by atoms with Gasteiger partial charge in [-0.2, -0.15) is 0 Å². The van der Waals surface area contributed by atoms with Crippen molar-refractivity contribution in [3.8, 4) is 0 Å². The van der Waals surface area contributed by atoms with Crippen LogP contribution >= 0.6 is 48.8 Å². The van der Waals surface area contributed by atoms with Gasteiger partial charge in [-0.25, -0.2) is 0 Å². The second kappa shape index (κ2) is 7.40. The summed E-state index contributed by atoms with van der Waals surface area (Å²) < 4.78 is 0. The molecule has 1 nitrogen and oxygen atoms in total. The number of hydrogen-bond donors (Lipinski definition) is 1. The maximum Gasteiger partial charge on any atom is 0.0613 e. The van der Waals surface area contributed by atoms with Gasteiger partial charge in [0.1, 0.15) is 0 Å². The van der Waals surface area contributed by atoms with E-state index in [1.54, 1.807) is 0 Å². The van der Waals surface area contributed by atoms with E-state index in [1.807, 2.05) is 0 Å². The number of hydrogen-bond acceptors (Lipinski definition) is 1. The smallest absolute Gasteiger partial charge is 0.0613 e.